The quantitative estimate of drug-likeness (QED) is 0.329. The fourth-order valence-electron chi connectivity index (χ4n) is 2.84. The standard InChI is InChI=1S/C21H18N2O6S2/c1-29-16-5-3-2-4-12(16)10-17-19(26)23(21(30)31-17)9-8-18(25)22-13-6-7-15(24)14(11-13)20(27)28/h2-7,10-11,24H,8-9H2,1H3,(H,22,25)(H,27,28)/b17-10-. The Bertz CT molecular complexity index is 1100. The van der Waals surface area contributed by atoms with Gasteiger partial charge in [-0.1, -0.05) is 42.2 Å². The highest BCUT2D eigenvalue weighted by atomic mass is 32.2. The SMILES string of the molecule is COc1ccccc1/C=C1\SC(=S)N(CCC(=O)Nc2ccc(O)c(C(=O)O)c2)C1=O. The number of benzene rings is 2. The molecule has 0 saturated carbocycles. The van der Waals surface area contributed by atoms with Gasteiger partial charge in [0, 0.05) is 24.2 Å². The summed E-state index contributed by atoms with van der Waals surface area (Å²) in [5.41, 5.74) is 0.641. The first-order valence-electron chi connectivity index (χ1n) is 9.04. The first kappa shape index (κ1) is 22.3. The van der Waals surface area contributed by atoms with E-state index in [9.17, 15) is 19.5 Å². The molecule has 0 aromatic heterocycles. The zero-order valence-corrected chi connectivity index (χ0v) is 18.0. The number of aromatic carboxylic acids is 1. The second-order valence-corrected chi connectivity index (χ2v) is 8.09. The number of carboxylic acids is 1. The lowest BCUT2D eigenvalue weighted by Crippen LogP contribution is -2.31. The molecular weight excluding hydrogens is 440 g/mol. The molecule has 160 valence electrons. The third kappa shape index (κ3) is 5.22. The first-order chi connectivity index (χ1) is 14.8. The minimum atomic E-state index is -1.31. The number of nitrogens with zero attached hydrogens (tertiary/aromatic N) is 1. The van der Waals surface area contributed by atoms with Crippen LogP contribution in [0.4, 0.5) is 5.69 Å². The number of phenols is 1. The maximum absolute atomic E-state index is 12.7. The van der Waals surface area contributed by atoms with Crippen molar-refractivity contribution in [1.29, 1.82) is 0 Å². The molecule has 1 aliphatic rings. The Morgan fingerprint density at radius 3 is 2.71 bits per heavy atom. The van der Waals surface area contributed by atoms with E-state index in [1.165, 1.54) is 17.0 Å². The highest BCUT2D eigenvalue weighted by Gasteiger charge is 2.32. The fourth-order valence-corrected chi connectivity index (χ4v) is 4.14. The lowest BCUT2D eigenvalue weighted by molar-refractivity contribution is -0.122. The molecule has 0 bridgehead atoms. The smallest absolute Gasteiger partial charge is 0.339 e. The normalized spacial score (nSPS) is 14.7. The second-order valence-electron chi connectivity index (χ2n) is 6.41. The number of aromatic hydroxyl groups is 1. The van der Waals surface area contributed by atoms with E-state index < -0.39 is 17.6 Å². The average Bonchev–Trinajstić information content (AvgIpc) is 3.00. The van der Waals surface area contributed by atoms with Crippen molar-refractivity contribution in [2.75, 3.05) is 19.0 Å². The molecule has 2 aromatic rings. The van der Waals surface area contributed by atoms with Crippen molar-refractivity contribution in [3.05, 3.63) is 58.5 Å². The van der Waals surface area contributed by atoms with Gasteiger partial charge >= 0.3 is 5.97 Å². The zero-order chi connectivity index (χ0) is 22.5. The number of anilines is 1. The molecule has 0 unspecified atom stereocenters. The third-order valence-corrected chi connectivity index (χ3v) is 5.75. The molecule has 31 heavy (non-hydrogen) atoms. The summed E-state index contributed by atoms with van der Waals surface area (Å²) in [4.78, 5) is 37.9. The van der Waals surface area contributed by atoms with Crippen LogP contribution in [0.1, 0.15) is 22.3 Å². The maximum Gasteiger partial charge on any atom is 0.339 e. The van der Waals surface area contributed by atoms with Crippen LogP contribution in [0.2, 0.25) is 0 Å². The van der Waals surface area contributed by atoms with E-state index in [2.05, 4.69) is 5.32 Å². The van der Waals surface area contributed by atoms with Gasteiger partial charge in [0.25, 0.3) is 5.91 Å². The molecule has 0 aliphatic carbocycles. The number of carboxylic acid groups (broad SMARTS) is 1. The molecule has 1 saturated heterocycles. The Morgan fingerprint density at radius 1 is 1.26 bits per heavy atom. The molecule has 3 N–H and O–H groups in total. The molecule has 0 radical (unpaired) electrons. The Balaban J connectivity index is 1.64. The Morgan fingerprint density at radius 2 is 2.00 bits per heavy atom. The van der Waals surface area contributed by atoms with E-state index in [0.717, 1.165) is 23.4 Å². The second kappa shape index (κ2) is 9.63. The van der Waals surface area contributed by atoms with E-state index in [1.54, 1.807) is 19.3 Å². The molecule has 8 nitrogen and oxygen atoms in total. The maximum atomic E-state index is 12.7. The van der Waals surface area contributed by atoms with Gasteiger partial charge in [0.1, 0.15) is 21.4 Å². The first-order valence-corrected chi connectivity index (χ1v) is 10.3. The Labute approximate surface area is 187 Å². The lowest BCUT2D eigenvalue weighted by atomic mass is 10.1. The summed E-state index contributed by atoms with van der Waals surface area (Å²) in [5.74, 6) is -1.81. The molecule has 0 spiro atoms. The van der Waals surface area contributed by atoms with E-state index in [4.69, 9.17) is 22.1 Å². The van der Waals surface area contributed by atoms with Gasteiger partial charge in [-0.15, -0.1) is 0 Å². The van der Waals surface area contributed by atoms with E-state index in [-0.39, 0.29) is 30.1 Å². The van der Waals surface area contributed by atoms with Gasteiger partial charge in [-0.3, -0.25) is 14.5 Å². The van der Waals surface area contributed by atoms with Crippen LogP contribution in [-0.2, 0) is 9.59 Å². The molecule has 1 heterocycles. The van der Waals surface area contributed by atoms with Crippen molar-refractivity contribution >= 4 is 57.8 Å². The summed E-state index contributed by atoms with van der Waals surface area (Å²) in [6, 6.07) is 11.0. The summed E-state index contributed by atoms with van der Waals surface area (Å²) in [5, 5.41) is 21.1. The molecule has 1 aliphatic heterocycles. The van der Waals surface area contributed by atoms with E-state index >= 15 is 0 Å². The highest BCUT2D eigenvalue weighted by molar-refractivity contribution is 8.26. The average molecular weight is 459 g/mol. The molecule has 0 atom stereocenters. The van der Waals surface area contributed by atoms with Crippen LogP contribution in [0.5, 0.6) is 11.5 Å². The zero-order valence-electron chi connectivity index (χ0n) is 16.3. The minimum absolute atomic E-state index is 0.0440. The van der Waals surface area contributed by atoms with Crippen molar-refractivity contribution in [1.82, 2.24) is 4.90 Å². The van der Waals surface area contributed by atoms with Crippen molar-refractivity contribution in [2.24, 2.45) is 0 Å². The molecule has 3 rings (SSSR count). The number of nitrogens with one attached hydrogen (secondary N) is 1. The van der Waals surface area contributed by atoms with Crippen LogP contribution in [0, 0.1) is 0 Å². The molecular formula is C21H18N2O6S2. The van der Waals surface area contributed by atoms with Gasteiger partial charge in [-0.2, -0.15) is 0 Å². The number of carbonyl (C=O) groups is 3. The fraction of sp³-hybridized carbons (Fsp3) is 0.143. The summed E-state index contributed by atoms with van der Waals surface area (Å²) in [7, 11) is 1.55. The molecule has 1 fully saturated rings. The molecule has 2 aromatic carbocycles. The van der Waals surface area contributed by atoms with Gasteiger partial charge in [0.15, 0.2) is 0 Å². The number of ether oxygens (including phenoxy) is 1. The topological polar surface area (TPSA) is 116 Å². The van der Waals surface area contributed by atoms with Gasteiger partial charge in [-0.25, -0.2) is 4.79 Å². The molecule has 2 amide bonds. The Kier molecular flexibility index (Phi) is 6.93. The number of carbonyl (C=O) groups excluding carboxylic acids is 2. The number of amides is 2. The van der Waals surface area contributed by atoms with Gasteiger partial charge in [-0.05, 0) is 30.3 Å². The van der Waals surface area contributed by atoms with Crippen LogP contribution in [0.15, 0.2) is 47.4 Å². The van der Waals surface area contributed by atoms with Crippen LogP contribution >= 0.6 is 24.0 Å². The van der Waals surface area contributed by atoms with Gasteiger partial charge < -0.3 is 20.3 Å². The van der Waals surface area contributed by atoms with Crippen LogP contribution < -0.4 is 10.1 Å². The molecule has 10 heteroatoms. The van der Waals surface area contributed by atoms with Crippen molar-refractivity contribution in [3.8, 4) is 11.5 Å². The van der Waals surface area contributed by atoms with Crippen molar-refractivity contribution in [3.63, 3.8) is 0 Å². The van der Waals surface area contributed by atoms with E-state index in [1.807, 2.05) is 18.2 Å². The summed E-state index contributed by atoms with van der Waals surface area (Å²) >= 11 is 6.43. The lowest BCUT2D eigenvalue weighted by Gasteiger charge is -2.14. The van der Waals surface area contributed by atoms with Crippen LogP contribution in [-0.4, -0.2) is 50.9 Å². The third-order valence-electron chi connectivity index (χ3n) is 4.37. The van der Waals surface area contributed by atoms with Crippen molar-refractivity contribution in [2.45, 2.75) is 6.42 Å². The van der Waals surface area contributed by atoms with Crippen molar-refractivity contribution < 1.29 is 29.3 Å². The predicted octanol–water partition coefficient (Wildman–Crippen LogP) is 3.33. The number of rotatable bonds is 7. The van der Waals surface area contributed by atoms with Crippen LogP contribution in [0.25, 0.3) is 6.08 Å². The Hall–Kier alpha value is -3.37. The summed E-state index contributed by atoms with van der Waals surface area (Å²) in [6.07, 6.45) is 1.65. The van der Waals surface area contributed by atoms with Crippen LogP contribution in [0.3, 0.4) is 0 Å². The number of hydrogen-bond acceptors (Lipinski definition) is 7. The predicted molar refractivity (Wildman–Crippen MR) is 121 cm³/mol. The number of methoxy groups -OCH3 is 1. The number of hydrogen-bond donors (Lipinski definition) is 3. The monoisotopic (exact) mass is 458 g/mol. The van der Waals surface area contributed by atoms with Gasteiger partial charge in [0.05, 0.1) is 12.0 Å². The summed E-state index contributed by atoms with van der Waals surface area (Å²) < 4.78 is 5.64. The number of thiocarbonyl (C=S) groups is 1. The highest BCUT2D eigenvalue weighted by Crippen LogP contribution is 2.34. The minimum Gasteiger partial charge on any atom is -0.507 e. The number of thioether (sulfide) groups is 1. The number of para-hydroxylation sites is 1. The summed E-state index contributed by atoms with van der Waals surface area (Å²) in [6.45, 7) is 0.0731. The van der Waals surface area contributed by atoms with Gasteiger partial charge in [0.2, 0.25) is 5.91 Å². The van der Waals surface area contributed by atoms with E-state index in [0.29, 0.717) is 15.0 Å². The largest absolute Gasteiger partial charge is 0.507 e.